The standard InChI is InChI=1S/C19H17IN4O/c1-13-5-3-4-6-16(13)11-24-12-22-14(2)17(19(24)25)23-18(20)15-7-9-21-10-8-15/h3-10,12H,11H2,1-2H3/b23-18-. The van der Waals surface area contributed by atoms with Crippen LogP contribution in [-0.2, 0) is 6.54 Å². The highest BCUT2D eigenvalue weighted by Crippen LogP contribution is 2.16. The zero-order valence-corrected chi connectivity index (χ0v) is 16.1. The van der Waals surface area contributed by atoms with Gasteiger partial charge < -0.3 is 0 Å². The molecule has 0 saturated carbocycles. The van der Waals surface area contributed by atoms with Gasteiger partial charge in [-0.2, -0.15) is 0 Å². The second kappa shape index (κ2) is 7.69. The van der Waals surface area contributed by atoms with E-state index >= 15 is 0 Å². The smallest absolute Gasteiger partial charge is 0.279 e. The maximum Gasteiger partial charge on any atom is 0.279 e. The van der Waals surface area contributed by atoms with E-state index in [0.717, 1.165) is 20.4 Å². The first-order valence-corrected chi connectivity index (χ1v) is 8.89. The molecule has 126 valence electrons. The van der Waals surface area contributed by atoms with Crippen LogP contribution >= 0.6 is 22.6 Å². The van der Waals surface area contributed by atoms with Crippen LogP contribution in [0.1, 0.15) is 22.4 Å². The summed E-state index contributed by atoms with van der Waals surface area (Å²) in [6.45, 7) is 4.31. The number of hydrogen-bond acceptors (Lipinski definition) is 4. The van der Waals surface area contributed by atoms with Crippen molar-refractivity contribution in [2.45, 2.75) is 20.4 Å². The zero-order chi connectivity index (χ0) is 17.8. The molecule has 0 amide bonds. The molecule has 0 N–H and O–H groups in total. The highest BCUT2D eigenvalue weighted by Gasteiger charge is 2.10. The fourth-order valence-corrected chi connectivity index (χ4v) is 3.03. The summed E-state index contributed by atoms with van der Waals surface area (Å²) in [4.78, 5) is 25.8. The Balaban J connectivity index is 2.01. The fraction of sp³-hybridized carbons (Fsp3) is 0.158. The van der Waals surface area contributed by atoms with Crippen molar-refractivity contribution in [2.24, 2.45) is 4.99 Å². The van der Waals surface area contributed by atoms with Crippen LogP contribution in [0.15, 0.2) is 64.9 Å². The lowest BCUT2D eigenvalue weighted by Gasteiger charge is -2.10. The van der Waals surface area contributed by atoms with Gasteiger partial charge in [-0.05, 0) is 59.7 Å². The van der Waals surface area contributed by atoms with Crippen LogP contribution in [0.25, 0.3) is 0 Å². The molecule has 0 unspecified atom stereocenters. The molecule has 0 radical (unpaired) electrons. The van der Waals surface area contributed by atoms with Gasteiger partial charge in [0.25, 0.3) is 5.56 Å². The van der Waals surface area contributed by atoms with Gasteiger partial charge in [0.2, 0.25) is 0 Å². The summed E-state index contributed by atoms with van der Waals surface area (Å²) < 4.78 is 2.33. The first-order chi connectivity index (χ1) is 12.1. The van der Waals surface area contributed by atoms with E-state index in [-0.39, 0.29) is 5.56 Å². The molecule has 3 aromatic rings. The molecule has 0 spiro atoms. The maximum atomic E-state index is 12.9. The third kappa shape index (κ3) is 4.01. The molecule has 0 saturated heterocycles. The summed E-state index contributed by atoms with van der Waals surface area (Å²) >= 11 is 2.13. The maximum absolute atomic E-state index is 12.9. The molecule has 0 aliphatic heterocycles. The van der Waals surface area contributed by atoms with Crippen LogP contribution < -0.4 is 5.56 Å². The van der Waals surface area contributed by atoms with Crippen LogP contribution in [0.3, 0.4) is 0 Å². The number of aryl methyl sites for hydroxylation is 2. The van der Waals surface area contributed by atoms with Gasteiger partial charge in [-0.25, -0.2) is 9.98 Å². The molecule has 5 nitrogen and oxygen atoms in total. The largest absolute Gasteiger partial charge is 0.293 e. The molecule has 2 heterocycles. The first-order valence-electron chi connectivity index (χ1n) is 7.81. The number of pyridine rings is 1. The van der Waals surface area contributed by atoms with E-state index in [1.165, 1.54) is 0 Å². The normalized spacial score (nSPS) is 11.6. The number of benzene rings is 1. The average Bonchev–Trinajstić information content (AvgIpc) is 2.63. The molecular weight excluding hydrogens is 427 g/mol. The molecule has 1 aromatic carbocycles. The Bertz CT molecular complexity index is 980. The summed E-state index contributed by atoms with van der Waals surface area (Å²) in [5.41, 5.74) is 4.01. The predicted molar refractivity (Wildman–Crippen MR) is 108 cm³/mol. The lowest BCUT2D eigenvalue weighted by Crippen LogP contribution is -2.22. The Labute approximate surface area is 159 Å². The number of nitrogens with zero attached hydrogens (tertiary/aromatic N) is 4. The molecule has 0 fully saturated rings. The minimum absolute atomic E-state index is 0.140. The summed E-state index contributed by atoms with van der Waals surface area (Å²) in [7, 11) is 0. The SMILES string of the molecule is Cc1ccccc1Cn1cnc(C)c(/N=C(\I)c2ccncc2)c1=O. The molecule has 0 aliphatic carbocycles. The van der Waals surface area contributed by atoms with Crippen LogP contribution in [0.4, 0.5) is 5.69 Å². The molecule has 6 heteroatoms. The van der Waals surface area contributed by atoms with E-state index in [2.05, 4.69) is 37.6 Å². The molecule has 3 rings (SSSR count). The van der Waals surface area contributed by atoms with Gasteiger partial charge >= 0.3 is 0 Å². The molecule has 2 aromatic heterocycles. The summed E-state index contributed by atoms with van der Waals surface area (Å²) in [5.74, 6) is 0. The summed E-state index contributed by atoms with van der Waals surface area (Å²) in [5, 5.41) is 0. The highest BCUT2D eigenvalue weighted by molar-refractivity contribution is 14.1. The zero-order valence-electron chi connectivity index (χ0n) is 14.0. The van der Waals surface area contributed by atoms with Crippen LogP contribution in [0.5, 0.6) is 0 Å². The van der Waals surface area contributed by atoms with Crippen LogP contribution in [0, 0.1) is 13.8 Å². The van der Waals surface area contributed by atoms with Crippen molar-refractivity contribution in [3.05, 3.63) is 87.9 Å². The van der Waals surface area contributed by atoms with E-state index in [0.29, 0.717) is 17.9 Å². The summed E-state index contributed by atoms with van der Waals surface area (Å²) in [6.07, 6.45) is 4.99. The lowest BCUT2D eigenvalue weighted by molar-refractivity contribution is 0.728. The van der Waals surface area contributed by atoms with Gasteiger partial charge in [0.15, 0.2) is 5.69 Å². The number of aromatic nitrogens is 3. The minimum Gasteiger partial charge on any atom is -0.293 e. The van der Waals surface area contributed by atoms with Crippen LogP contribution in [0.2, 0.25) is 0 Å². The first kappa shape index (κ1) is 17.5. The number of halogens is 1. The third-order valence-electron chi connectivity index (χ3n) is 3.93. The minimum atomic E-state index is -0.140. The van der Waals surface area contributed by atoms with Gasteiger partial charge in [-0.15, -0.1) is 0 Å². The molecule has 0 atom stereocenters. The van der Waals surface area contributed by atoms with Crippen molar-refractivity contribution >= 4 is 32.0 Å². The Morgan fingerprint density at radius 3 is 2.60 bits per heavy atom. The monoisotopic (exact) mass is 444 g/mol. The van der Waals surface area contributed by atoms with E-state index in [1.807, 2.05) is 43.3 Å². The molecule has 0 bridgehead atoms. The quantitative estimate of drug-likeness (QED) is 0.454. The summed E-state index contributed by atoms with van der Waals surface area (Å²) in [6, 6.07) is 11.7. The topological polar surface area (TPSA) is 60.1 Å². The predicted octanol–water partition coefficient (Wildman–Crippen LogP) is 3.82. The van der Waals surface area contributed by atoms with E-state index in [1.54, 1.807) is 30.2 Å². The Kier molecular flexibility index (Phi) is 5.37. The van der Waals surface area contributed by atoms with Crippen molar-refractivity contribution in [1.82, 2.24) is 14.5 Å². The van der Waals surface area contributed by atoms with Crippen molar-refractivity contribution in [3.63, 3.8) is 0 Å². The molecule has 0 aliphatic rings. The second-order valence-corrected chi connectivity index (χ2v) is 6.70. The highest BCUT2D eigenvalue weighted by atomic mass is 127. The lowest BCUT2D eigenvalue weighted by atomic mass is 10.1. The molecular formula is C19H17IN4O. The third-order valence-corrected chi connectivity index (χ3v) is 4.79. The Morgan fingerprint density at radius 1 is 1.16 bits per heavy atom. The van der Waals surface area contributed by atoms with Crippen molar-refractivity contribution in [1.29, 1.82) is 0 Å². The van der Waals surface area contributed by atoms with Crippen molar-refractivity contribution < 1.29 is 0 Å². The number of rotatable bonds is 4. The van der Waals surface area contributed by atoms with Gasteiger partial charge in [0.05, 0.1) is 18.6 Å². The van der Waals surface area contributed by atoms with E-state index in [9.17, 15) is 4.79 Å². The Hall–Kier alpha value is -2.35. The second-order valence-electron chi connectivity index (χ2n) is 5.68. The van der Waals surface area contributed by atoms with Gasteiger partial charge in [0, 0.05) is 18.0 Å². The van der Waals surface area contributed by atoms with Gasteiger partial charge in [-0.1, -0.05) is 24.3 Å². The fourth-order valence-electron chi connectivity index (χ4n) is 2.43. The van der Waals surface area contributed by atoms with Crippen LogP contribution in [-0.4, -0.2) is 18.3 Å². The van der Waals surface area contributed by atoms with Gasteiger partial charge in [-0.3, -0.25) is 14.3 Å². The number of hydrogen-bond donors (Lipinski definition) is 0. The average molecular weight is 444 g/mol. The van der Waals surface area contributed by atoms with E-state index in [4.69, 9.17) is 0 Å². The van der Waals surface area contributed by atoms with E-state index < -0.39 is 0 Å². The Morgan fingerprint density at radius 2 is 1.88 bits per heavy atom. The van der Waals surface area contributed by atoms with Crippen molar-refractivity contribution in [2.75, 3.05) is 0 Å². The van der Waals surface area contributed by atoms with Gasteiger partial charge in [0.1, 0.15) is 3.72 Å². The van der Waals surface area contributed by atoms with Crippen molar-refractivity contribution in [3.8, 4) is 0 Å². The molecule has 25 heavy (non-hydrogen) atoms. The number of aliphatic imine (C=N–C) groups is 1.